The van der Waals surface area contributed by atoms with Gasteiger partial charge in [-0.25, -0.2) is 0 Å². The Balaban J connectivity index is 1.62. The molecule has 0 aromatic heterocycles. The van der Waals surface area contributed by atoms with E-state index in [1.807, 2.05) is 56.3 Å². The van der Waals surface area contributed by atoms with E-state index in [2.05, 4.69) is 6.58 Å². The first kappa shape index (κ1) is 26.8. The Morgan fingerprint density at radius 2 is 2.00 bits per heavy atom. The van der Waals surface area contributed by atoms with Gasteiger partial charge in [-0.15, -0.1) is 18.3 Å². The molecular formula is C30H36N2O5S. The van der Waals surface area contributed by atoms with Crippen molar-refractivity contribution in [2.75, 3.05) is 24.7 Å². The van der Waals surface area contributed by atoms with Gasteiger partial charge in [0.2, 0.25) is 5.91 Å². The van der Waals surface area contributed by atoms with Crippen LogP contribution in [0.5, 0.6) is 0 Å². The van der Waals surface area contributed by atoms with Crippen molar-refractivity contribution >= 4 is 46.0 Å². The van der Waals surface area contributed by atoms with Gasteiger partial charge >= 0.3 is 5.97 Å². The molecular weight excluding hydrogens is 500 g/mol. The molecule has 2 bridgehead atoms. The minimum absolute atomic E-state index is 0.0550. The third-order valence-corrected chi connectivity index (χ3v) is 10.4. The predicted octanol–water partition coefficient (Wildman–Crippen LogP) is 4.03. The van der Waals surface area contributed by atoms with Crippen LogP contribution in [0.1, 0.15) is 33.6 Å². The zero-order chi connectivity index (χ0) is 27.2. The van der Waals surface area contributed by atoms with Gasteiger partial charge in [-0.3, -0.25) is 14.4 Å². The normalized spacial score (nSPS) is 28.6. The average molecular weight is 537 g/mol. The number of anilines is 1. The number of thioether (sulfide) groups is 1. The Hall–Kier alpha value is -2.84. The molecule has 2 amide bonds. The lowest BCUT2D eigenvalue weighted by Crippen LogP contribution is -2.58. The number of likely N-dealkylation sites (tertiary alicyclic amines) is 1. The minimum Gasteiger partial charge on any atom is -0.466 e. The molecule has 5 rings (SSSR count). The number of aliphatic hydroxyl groups is 1. The first-order valence-electron chi connectivity index (χ1n) is 13.5. The highest BCUT2D eigenvalue weighted by molar-refractivity contribution is 8.02. The van der Waals surface area contributed by atoms with Crippen LogP contribution >= 0.6 is 11.8 Å². The first-order chi connectivity index (χ1) is 18.3. The largest absolute Gasteiger partial charge is 0.466 e. The molecule has 3 fully saturated rings. The topological polar surface area (TPSA) is 87.2 Å². The molecule has 3 heterocycles. The summed E-state index contributed by atoms with van der Waals surface area (Å²) in [5.41, 5.74) is 0.727. The molecule has 0 radical (unpaired) electrons. The molecule has 6 atom stereocenters. The van der Waals surface area contributed by atoms with Crippen molar-refractivity contribution in [2.24, 2.45) is 17.8 Å². The second-order valence-corrected chi connectivity index (χ2v) is 12.4. The van der Waals surface area contributed by atoms with E-state index >= 15 is 0 Å². The monoisotopic (exact) mass is 536 g/mol. The minimum atomic E-state index is -0.805. The SMILES string of the molecule is C=CCN(C(=O)C1N([C@@H](CO)C(C)C)C(=O)[C@@H]2[C@@H](C(=O)OCC)[C@H]3CCC12S3)c1ccc2ccccc2c1. The van der Waals surface area contributed by atoms with Crippen LogP contribution in [0, 0.1) is 17.8 Å². The molecule has 38 heavy (non-hydrogen) atoms. The van der Waals surface area contributed by atoms with Crippen molar-refractivity contribution in [1.29, 1.82) is 0 Å². The third-order valence-electron chi connectivity index (χ3n) is 8.47. The van der Waals surface area contributed by atoms with Crippen molar-refractivity contribution in [3.63, 3.8) is 0 Å². The van der Waals surface area contributed by atoms with Crippen LogP contribution in [0.15, 0.2) is 55.1 Å². The lowest BCUT2D eigenvalue weighted by molar-refractivity contribution is -0.154. The van der Waals surface area contributed by atoms with E-state index in [-0.39, 0.29) is 48.7 Å². The van der Waals surface area contributed by atoms with Gasteiger partial charge in [-0.05, 0) is 48.6 Å². The zero-order valence-corrected chi connectivity index (χ0v) is 23.0. The Morgan fingerprint density at radius 3 is 2.66 bits per heavy atom. The molecule has 3 saturated heterocycles. The van der Waals surface area contributed by atoms with Crippen LogP contribution in [0.3, 0.4) is 0 Å². The van der Waals surface area contributed by atoms with Gasteiger partial charge in [-0.1, -0.05) is 50.3 Å². The molecule has 2 aromatic rings. The van der Waals surface area contributed by atoms with Crippen molar-refractivity contribution in [2.45, 2.75) is 55.7 Å². The lowest BCUT2D eigenvalue weighted by atomic mass is 9.71. The summed E-state index contributed by atoms with van der Waals surface area (Å²) in [6.07, 6.45) is 3.10. The summed E-state index contributed by atoms with van der Waals surface area (Å²) >= 11 is 1.61. The van der Waals surface area contributed by atoms with Crippen LogP contribution in [0.25, 0.3) is 10.8 Å². The highest BCUT2D eigenvalue weighted by Gasteiger charge is 2.75. The van der Waals surface area contributed by atoms with Crippen LogP contribution < -0.4 is 4.90 Å². The van der Waals surface area contributed by atoms with E-state index < -0.39 is 28.7 Å². The Labute approximate surface area is 228 Å². The Bertz CT molecular complexity index is 1260. The molecule has 2 aromatic carbocycles. The van der Waals surface area contributed by atoms with Crippen molar-refractivity contribution in [3.8, 4) is 0 Å². The summed E-state index contributed by atoms with van der Waals surface area (Å²) in [6.45, 7) is 9.81. The number of aliphatic hydroxyl groups excluding tert-OH is 1. The second-order valence-electron chi connectivity index (χ2n) is 10.8. The fourth-order valence-corrected chi connectivity index (χ4v) is 8.99. The molecule has 8 heteroatoms. The maximum absolute atomic E-state index is 14.7. The van der Waals surface area contributed by atoms with Crippen LogP contribution in [-0.2, 0) is 19.1 Å². The number of hydrogen-bond donors (Lipinski definition) is 1. The van der Waals surface area contributed by atoms with Crippen molar-refractivity contribution in [3.05, 3.63) is 55.1 Å². The molecule has 202 valence electrons. The molecule has 0 aliphatic carbocycles. The summed E-state index contributed by atoms with van der Waals surface area (Å²) in [5, 5.41) is 12.4. The van der Waals surface area contributed by atoms with Gasteiger partial charge in [0.15, 0.2) is 0 Å². The van der Waals surface area contributed by atoms with Gasteiger partial charge in [-0.2, -0.15) is 0 Å². The van der Waals surface area contributed by atoms with Gasteiger partial charge in [0.1, 0.15) is 6.04 Å². The lowest BCUT2D eigenvalue weighted by Gasteiger charge is -2.40. The standard InChI is InChI=1S/C30H36N2O5S/c1-5-15-31(21-12-11-19-9-7-8-10-20(19)16-21)28(35)26-30-14-13-23(38-30)24(29(36)37-6-2)25(30)27(34)32(26)22(17-33)18(3)4/h5,7-12,16,18,22-26,33H,1,6,13-15,17H2,2-4H3/t22-,23+,24-,25-,26?,30?/m0/s1. The summed E-state index contributed by atoms with van der Waals surface area (Å²) < 4.78 is 4.67. The summed E-state index contributed by atoms with van der Waals surface area (Å²) in [7, 11) is 0. The molecule has 0 saturated carbocycles. The average Bonchev–Trinajstić information content (AvgIpc) is 3.55. The number of fused-ring (bicyclic) bond motifs is 2. The van der Waals surface area contributed by atoms with Gasteiger partial charge in [0.05, 0.1) is 35.8 Å². The number of carbonyl (C=O) groups excluding carboxylic acids is 3. The van der Waals surface area contributed by atoms with E-state index in [0.29, 0.717) is 6.42 Å². The molecule has 3 aliphatic rings. The first-order valence-corrected chi connectivity index (χ1v) is 14.4. The highest BCUT2D eigenvalue weighted by Crippen LogP contribution is 2.67. The molecule has 2 unspecified atom stereocenters. The molecule has 1 N–H and O–H groups in total. The number of nitrogens with zero attached hydrogens (tertiary/aromatic N) is 2. The number of benzene rings is 2. The number of esters is 1. The van der Waals surface area contributed by atoms with E-state index in [9.17, 15) is 19.5 Å². The smallest absolute Gasteiger partial charge is 0.310 e. The van der Waals surface area contributed by atoms with Crippen LogP contribution in [0.4, 0.5) is 5.69 Å². The van der Waals surface area contributed by atoms with Crippen molar-refractivity contribution < 1.29 is 24.2 Å². The predicted molar refractivity (Wildman–Crippen MR) is 150 cm³/mol. The maximum Gasteiger partial charge on any atom is 0.310 e. The van der Waals surface area contributed by atoms with Crippen LogP contribution in [-0.4, -0.2) is 69.6 Å². The van der Waals surface area contributed by atoms with Gasteiger partial charge < -0.3 is 19.6 Å². The van der Waals surface area contributed by atoms with E-state index in [0.717, 1.165) is 22.9 Å². The van der Waals surface area contributed by atoms with Crippen molar-refractivity contribution in [1.82, 2.24) is 4.90 Å². The Kier molecular flexibility index (Phi) is 7.31. The second kappa shape index (κ2) is 10.4. The quantitative estimate of drug-likeness (QED) is 0.385. The van der Waals surface area contributed by atoms with Gasteiger partial charge in [0, 0.05) is 17.5 Å². The summed E-state index contributed by atoms with van der Waals surface area (Å²) in [4.78, 5) is 45.3. The molecule has 3 aliphatic heterocycles. The Morgan fingerprint density at radius 1 is 1.26 bits per heavy atom. The number of ether oxygens (including phenoxy) is 1. The van der Waals surface area contributed by atoms with E-state index in [1.54, 1.807) is 34.6 Å². The van der Waals surface area contributed by atoms with Gasteiger partial charge in [0.25, 0.3) is 5.91 Å². The number of rotatable bonds is 9. The summed E-state index contributed by atoms with van der Waals surface area (Å²) in [5.74, 6) is -2.09. The fourth-order valence-electron chi connectivity index (χ4n) is 6.80. The number of hydrogen-bond acceptors (Lipinski definition) is 6. The van der Waals surface area contributed by atoms with E-state index in [4.69, 9.17) is 4.74 Å². The maximum atomic E-state index is 14.7. The fraction of sp³-hybridized carbons (Fsp3) is 0.500. The van der Waals surface area contributed by atoms with Crippen LogP contribution in [0.2, 0.25) is 0 Å². The molecule has 7 nitrogen and oxygen atoms in total. The summed E-state index contributed by atoms with van der Waals surface area (Å²) in [6, 6.07) is 12.5. The number of amides is 2. The number of carbonyl (C=O) groups is 3. The van der Waals surface area contributed by atoms with E-state index in [1.165, 1.54) is 0 Å². The highest BCUT2D eigenvalue weighted by atomic mass is 32.2. The molecule has 1 spiro atoms. The third kappa shape index (κ3) is 4.04. The zero-order valence-electron chi connectivity index (χ0n) is 22.2.